The molecular weight excluding hydrogens is 710 g/mol. The lowest BCUT2D eigenvalue weighted by molar-refractivity contribution is 0.757. The molecule has 0 saturated carbocycles. The minimum atomic E-state index is -0.547. The monoisotopic (exact) mass is 748 g/mol. The van der Waals surface area contributed by atoms with E-state index in [1.165, 1.54) is 72.1 Å². The van der Waals surface area contributed by atoms with Crippen LogP contribution in [-0.2, 0) is 5.41 Å². The van der Waals surface area contributed by atoms with Crippen molar-refractivity contribution in [2.75, 3.05) is 9.80 Å². The topological polar surface area (TPSA) is 6.48 Å². The molecule has 274 valence electrons. The lowest BCUT2D eigenvalue weighted by Gasteiger charge is -2.51. The third kappa shape index (κ3) is 4.90. The first kappa shape index (κ1) is 33.8. The van der Waals surface area contributed by atoms with Crippen molar-refractivity contribution in [3.8, 4) is 0 Å². The molecule has 4 heteroatoms. The normalized spacial score (nSPS) is 13.8. The van der Waals surface area contributed by atoms with Gasteiger partial charge >= 0.3 is 0 Å². The first-order chi connectivity index (χ1) is 29.3. The molecule has 0 saturated heterocycles. The first-order valence-electron chi connectivity index (χ1n) is 20.7. The van der Waals surface area contributed by atoms with Crippen molar-refractivity contribution < 1.29 is 0 Å². The minimum absolute atomic E-state index is 0.0207. The Morgan fingerprint density at radius 3 is 1.39 bits per heavy atom. The minimum Gasteiger partial charge on any atom is -0.312 e. The molecule has 59 heavy (non-hydrogen) atoms. The summed E-state index contributed by atoms with van der Waals surface area (Å²) in [5.74, 6) is 0. The van der Waals surface area contributed by atoms with Gasteiger partial charge in [-0.1, -0.05) is 192 Å². The van der Waals surface area contributed by atoms with Crippen molar-refractivity contribution in [1.82, 2.24) is 0 Å². The second-order valence-corrected chi connectivity index (χ2v) is 15.9. The van der Waals surface area contributed by atoms with Crippen LogP contribution in [0.3, 0.4) is 0 Å². The van der Waals surface area contributed by atoms with Crippen LogP contribution in [0, 0.1) is 0 Å². The van der Waals surface area contributed by atoms with Crippen LogP contribution < -0.4 is 42.6 Å². The zero-order valence-electron chi connectivity index (χ0n) is 32.5. The van der Waals surface area contributed by atoms with E-state index in [2.05, 4.69) is 240 Å². The van der Waals surface area contributed by atoms with Crippen LogP contribution in [-0.4, -0.2) is 13.4 Å². The number of rotatable bonds is 5. The molecular formula is C55H38B2N2. The quantitative estimate of drug-likeness (QED) is 0.162. The lowest BCUT2D eigenvalue weighted by Crippen LogP contribution is -2.69. The van der Waals surface area contributed by atoms with E-state index in [0.717, 1.165) is 17.1 Å². The second kappa shape index (κ2) is 13.4. The highest BCUT2D eigenvalue weighted by Crippen LogP contribution is 2.49. The Morgan fingerprint density at radius 2 is 0.780 bits per heavy atom. The molecule has 9 aromatic carbocycles. The summed E-state index contributed by atoms with van der Waals surface area (Å²) in [4.78, 5) is 4.86. The largest absolute Gasteiger partial charge is 0.312 e. The fourth-order valence-electron chi connectivity index (χ4n) is 10.9. The summed E-state index contributed by atoms with van der Waals surface area (Å²) in [7, 11) is 0. The van der Waals surface area contributed by atoms with Crippen LogP contribution in [0.15, 0.2) is 231 Å². The molecule has 9 aromatic rings. The molecule has 0 fully saturated rings. The maximum atomic E-state index is 2.49. The average molecular weight is 749 g/mol. The fraction of sp³-hybridized carbons (Fsp3) is 0.0182. The number of fused-ring (bicyclic) bond motifs is 10. The summed E-state index contributed by atoms with van der Waals surface area (Å²) in [6.07, 6.45) is 0. The molecule has 0 unspecified atom stereocenters. The van der Waals surface area contributed by atoms with Gasteiger partial charge in [-0.2, -0.15) is 0 Å². The summed E-state index contributed by atoms with van der Waals surface area (Å²) >= 11 is 0. The third-order valence-electron chi connectivity index (χ3n) is 13.0. The molecule has 3 aliphatic rings. The molecule has 0 amide bonds. The van der Waals surface area contributed by atoms with Gasteiger partial charge in [-0.05, 0) is 93.8 Å². The van der Waals surface area contributed by atoms with E-state index in [0.29, 0.717) is 0 Å². The van der Waals surface area contributed by atoms with Gasteiger partial charge in [-0.15, -0.1) is 0 Å². The standard InChI is InChI=1S/C55H38B2N2/c1-4-21-40(22-5-1)58(41-23-6-2-7-24-41)43-27-18-20-39(38-43)56-48-32-13-10-28-44(48)55(45-29-11-14-33-49(45)56)46-30-12-15-34-50(46)57-51-35-16-17-36-52(51)59(42-25-8-3-9-26-42)53-37-19-31-47(55)54(53)57/h1-38H. The maximum absolute atomic E-state index is 2.49. The van der Waals surface area contributed by atoms with Crippen molar-refractivity contribution in [2.24, 2.45) is 0 Å². The van der Waals surface area contributed by atoms with Gasteiger partial charge < -0.3 is 9.80 Å². The average Bonchev–Trinajstić information content (AvgIpc) is 3.31. The molecule has 12 rings (SSSR count). The summed E-state index contributed by atoms with van der Waals surface area (Å²) in [6.45, 7) is 0.113. The van der Waals surface area contributed by atoms with Gasteiger partial charge in [0.15, 0.2) is 0 Å². The lowest BCUT2D eigenvalue weighted by atomic mass is 9.25. The van der Waals surface area contributed by atoms with Gasteiger partial charge in [-0.3, -0.25) is 0 Å². The molecule has 0 atom stereocenters. The van der Waals surface area contributed by atoms with Crippen LogP contribution >= 0.6 is 0 Å². The molecule has 3 heterocycles. The number of hydrogen-bond donors (Lipinski definition) is 0. The van der Waals surface area contributed by atoms with Gasteiger partial charge in [0.1, 0.15) is 0 Å². The zero-order valence-corrected chi connectivity index (χ0v) is 32.5. The third-order valence-corrected chi connectivity index (χ3v) is 13.0. The first-order valence-corrected chi connectivity index (χ1v) is 20.7. The van der Waals surface area contributed by atoms with E-state index >= 15 is 0 Å². The molecule has 0 aliphatic carbocycles. The molecule has 0 bridgehead atoms. The summed E-state index contributed by atoms with van der Waals surface area (Å²) in [5, 5.41) is 0. The van der Waals surface area contributed by atoms with Crippen LogP contribution in [0.1, 0.15) is 22.3 Å². The maximum Gasteiger partial charge on any atom is 0.247 e. The second-order valence-electron chi connectivity index (χ2n) is 15.9. The van der Waals surface area contributed by atoms with Gasteiger partial charge in [0.25, 0.3) is 0 Å². The van der Waals surface area contributed by atoms with Crippen LogP contribution in [0.5, 0.6) is 0 Å². The summed E-state index contributed by atoms with van der Waals surface area (Å²) in [5.41, 5.74) is 20.0. The molecule has 0 radical (unpaired) electrons. The van der Waals surface area contributed by atoms with Crippen LogP contribution in [0.2, 0.25) is 0 Å². The molecule has 1 spiro atoms. The van der Waals surface area contributed by atoms with E-state index in [1.807, 2.05) is 0 Å². The van der Waals surface area contributed by atoms with E-state index < -0.39 is 5.41 Å². The Morgan fingerprint density at radius 1 is 0.339 bits per heavy atom. The number of nitrogens with zero attached hydrogens (tertiary/aromatic N) is 2. The highest BCUT2D eigenvalue weighted by Gasteiger charge is 2.55. The molecule has 0 N–H and O–H groups in total. The fourth-order valence-corrected chi connectivity index (χ4v) is 10.9. The Bertz CT molecular complexity index is 2950. The molecule has 3 aliphatic heterocycles. The van der Waals surface area contributed by atoms with Gasteiger partial charge in [0.05, 0.1) is 5.41 Å². The van der Waals surface area contributed by atoms with Crippen LogP contribution in [0.4, 0.5) is 34.1 Å². The zero-order chi connectivity index (χ0) is 38.9. The number of para-hydroxylation sites is 4. The highest BCUT2D eigenvalue weighted by molar-refractivity contribution is 6.99. The van der Waals surface area contributed by atoms with Crippen molar-refractivity contribution >= 4 is 80.3 Å². The number of benzene rings is 9. The Hall–Kier alpha value is -7.29. The number of hydrogen-bond acceptors (Lipinski definition) is 2. The Kier molecular flexibility index (Phi) is 7.68. The van der Waals surface area contributed by atoms with Crippen molar-refractivity contribution in [3.05, 3.63) is 253 Å². The van der Waals surface area contributed by atoms with Gasteiger partial charge in [0.2, 0.25) is 13.4 Å². The highest BCUT2D eigenvalue weighted by atomic mass is 15.2. The Balaban J connectivity index is 1.12. The SMILES string of the molecule is c1ccc(N(c2ccccc2)c2cccc(B3c4ccccc4C4(c5ccccc53)c3ccccc3B3c5ccccc5N(c5ccccc5)c5cccc4c53)c2)cc1. The van der Waals surface area contributed by atoms with E-state index in [1.54, 1.807) is 0 Å². The van der Waals surface area contributed by atoms with Crippen molar-refractivity contribution in [1.29, 1.82) is 0 Å². The summed E-state index contributed by atoms with van der Waals surface area (Å²) < 4.78 is 0. The smallest absolute Gasteiger partial charge is 0.247 e. The van der Waals surface area contributed by atoms with E-state index in [-0.39, 0.29) is 13.4 Å². The Labute approximate surface area is 346 Å². The van der Waals surface area contributed by atoms with Crippen molar-refractivity contribution in [3.63, 3.8) is 0 Å². The molecule has 0 aromatic heterocycles. The predicted octanol–water partition coefficient (Wildman–Crippen LogP) is 8.98. The number of anilines is 6. The molecule has 2 nitrogen and oxygen atoms in total. The summed E-state index contributed by atoms with van der Waals surface area (Å²) in [6, 6.07) is 85.6. The van der Waals surface area contributed by atoms with E-state index in [4.69, 9.17) is 0 Å². The predicted molar refractivity (Wildman–Crippen MR) is 250 cm³/mol. The van der Waals surface area contributed by atoms with Gasteiger partial charge in [0, 0.05) is 34.1 Å². The van der Waals surface area contributed by atoms with Gasteiger partial charge in [-0.25, -0.2) is 0 Å². The van der Waals surface area contributed by atoms with Crippen molar-refractivity contribution in [2.45, 2.75) is 5.41 Å². The van der Waals surface area contributed by atoms with E-state index in [9.17, 15) is 0 Å². The van der Waals surface area contributed by atoms with Crippen LogP contribution in [0.25, 0.3) is 0 Å².